The van der Waals surface area contributed by atoms with Crippen molar-refractivity contribution in [1.29, 1.82) is 0 Å². The summed E-state index contributed by atoms with van der Waals surface area (Å²) in [6.45, 7) is 1.79. The predicted molar refractivity (Wildman–Crippen MR) is 27.4 cm³/mol. The minimum Gasteiger partial charge on any atom is -0.216 e. The third-order valence-electron chi connectivity index (χ3n) is 0.327. The van der Waals surface area contributed by atoms with E-state index >= 15 is 0 Å². The minimum absolute atomic E-state index is 0.0340. The van der Waals surface area contributed by atoms with Crippen molar-refractivity contribution in [1.82, 2.24) is 9.67 Å². The fourth-order valence-electron chi connectivity index (χ4n) is 0.0206. The van der Waals surface area contributed by atoms with Crippen LogP contribution in [0.2, 0.25) is 0 Å². The average Bonchev–Trinajstić information content (AvgIpc) is 1.65. The summed E-state index contributed by atoms with van der Waals surface area (Å²) >= 11 is 10.1. The lowest BCUT2D eigenvalue weighted by Crippen LogP contribution is -2.26. The third kappa shape index (κ3) is 2.72. The van der Waals surface area contributed by atoms with Crippen molar-refractivity contribution in [2.75, 3.05) is 0 Å². The van der Waals surface area contributed by atoms with Crippen molar-refractivity contribution in [2.45, 2.75) is 13.1 Å². The second-order valence-electron chi connectivity index (χ2n) is 0.940. The van der Waals surface area contributed by atoms with Crippen LogP contribution in [0.25, 0.3) is 0 Å². The fraction of sp³-hybridized carbons (Fsp3) is 1.00. The Labute approximate surface area is 47.0 Å². The highest BCUT2D eigenvalue weighted by Gasteiger charge is 1.88. The second kappa shape index (κ2) is 3.68. The lowest BCUT2D eigenvalue weighted by atomic mass is 10.7. The zero-order valence-electron chi connectivity index (χ0n) is 3.33. The van der Waals surface area contributed by atoms with Gasteiger partial charge < -0.3 is 0 Å². The Morgan fingerprint density at radius 2 is 1.67 bits per heavy atom. The molecule has 0 fully saturated rings. The van der Waals surface area contributed by atoms with Crippen LogP contribution in [0.3, 0.4) is 0 Å². The van der Waals surface area contributed by atoms with Crippen molar-refractivity contribution >= 4 is 23.6 Å². The van der Waals surface area contributed by atoms with Crippen LogP contribution in [-0.2, 0) is 0 Å². The molecule has 0 heterocycles. The SMILES string of the molecule is CC(NCl)NCl. The van der Waals surface area contributed by atoms with E-state index in [0.717, 1.165) is 0 Å². The quantitative estimate of drug-likeness (QED) is 0.426. The first-order valence-corrected chi connectivity index (χ1v) is 2.29. The maximum Gasteiger partial charge on any atom is 0.0823 e. The molecular formula is C2H6Cl2N2. The summed E-state index contributed by atoms with van der Waals surface area (Å²) in [6, 6.07) is 0. The fourth-order valence-corrected chi connectivity index (χ4v) is 0.186. The molecule has 0 bridgehead atoms. The van der Waals surface area contributed by atoms with Gasteiger partial charge in [0, 0.05) is 0 Å². The summed E-state index contributed by atoms with van der Waals surface area (Å²) in [7, 11) is 0. The smallest absolute Gasteiger partial charge is 0.0823 e. The van der Waals surface area contributed by atoms with E-state index < -0.39 is 0 Å². The Morgan fingerprint density at radius 3 is 1.67 bits per heavy atom. The first kappa shape index (κ1) is 6.50. The second-order valence-corrected chi connectivity index (χ2v) is 1.38. The molecule has 0 aromatic carbocycles. The standard InChI is InChI=1S/C2H6Cl2N2/c1-2(5-3)6-4/h2,5-6H,1H3. The van der Waals surface area contributed by atoms with Gasteiger partial charge in [0.1, 0.15) is 0 Å². The number of halogens is 2. The van der Waals surface area contributed by atoms with Crippen molar-refractivity contribution < 1.29 is 0 Å². The highest BCUT2D eigenvalue weighted by Crippen LogP contribution is 1.75. The molecule has 0 aliphatic heterocycles. The Kier molecular flexibility index (Phi) is 3.99. The summed E-state index contributed by atoms with van der Waals surface area (Å²) in [5.41, 5.74) is 0. The summed E-state index contributed by atoms with van der Waals surface area (Å²) < 4.78 is 0. The highest BCUT2D eigenvalue weighted by molar-refractivity contribution is 6.15. The molecule has 2 N–H and O–H groups in total. The summed E-state index contributed by atoms with van der Waals surface area (Å²) in [5.74, 6) is 0. The van der Waals surface area contributed by atoms with Gasteiger partial charge in [-0.1, -0.05) is 0 Å². The first-order valence-electron chi connectivity index (χ1n) is 1.53. The molecule has 4 heteroatoms. The normalized spacial score (nSPS) is 10.0. The number of hydrogen-bond donors (Lipinski definition) is 2. The lowest BCUT2D eigenvalue weighted by Gasteiger charge is -2.00. The monoisotopic (exact) mass is 128 g/mol. The Bertz CT molecular complexity index is 28.7. The lowest BCUT2D eigenvalue weighted by molar-refractivity contribution is 0.667. The van der Waals surface area contributed by atoms with Crippen LogP contribution in [0, 0.1) is 0 Å². The van der Waals surface area contributed by atoms with Gasteiger partial charge in [-0.2, -0.15) is 0 Å². The van der Waals surface area contributed by atoms with E-state index in [4.69, 9.17) is 23.6 Å². The predicted octanol–water partition coefficient (Wildman–Crippen LogP) is 0.819. The zero-order chi connectivity index (χ0) is 4.99. The average molecular weight is 129 g/mol. The van der Waals surface area contributed by atoms with Crippen molar-refractivity contribution in [3.05, 3.63) is 0 Å². The largest absolute Gasteiger partial charge is 0.216 e. The van der Waals surface area contributed by atoms with Crippen molar-refractivity contribution in [3.63, 3.8) is 0 Å². The molecule has 0 amide bonds. The molecule has 0 aliphatic rings. The summed E-state index contributed by atoms with van der Waals surface area (Å²) in [5, 5.41) is 0. The molecular weight excluding hydrogens is 123 g/mol. The van der Waals surface area contributed by atoms with E-state index in [9.17, 15) is 0 Å². The first-order chi connectivity index (χ1) is 2.81. The molecule has 0 aromatic rings. The van der Waals surface area contributed by atoms with Crippen LogP contribution in [-0.4, -0.2) is 6.17 Å². The summed E-state index contributed by atoms with van der Waals surface area (Å²) in [4.78, 5) is 4.69. The van der Waals surface area contributed by atoms with Gasteiger partial charge in [-0.15, -0.1) is 0 Å². The van der Waals surface area contributed by atoms with Gasteiger partial charge >= 0.3 is 0 Å². The molecule has 6 heavy (non-hydrogen) atoms. The van der Waals surface area contributed by atoms with Crippen LogP contribution < -0.4 is 9.67 Å². The Morgan fingerprint density at radius 1 is 1.33 bits per heavy atom. The van der Waals surface area contributed by atoms with Crippen LogP contribution in [0.15, 0.2) is 0 Å². The van der Waals surface area contributed by atoms with Gasteiger partial charge in [-0.25, -0.2) is 9.67 Å². The zero-order valence-corrected chi connectivity index (χ0v) is 4.85. The molecule has 38 valence electrons. The van der Waals surface area contributed by atoms with E-state index in [1.807, 2.05) is 0 Å². The summed E-state index contributed by atoms with van der Waals surface area (Å²) in [6.07, 6.45) is -0.0340. The van der Waals surface area contributed by atoms with Gasteiger partial charge in [-0.3, -0.25) is 0 Å². The van der Waals surface area contributed by atoms with Gasteiger partial charge in [0.15, 0.2) is 0 Å². The highest BCUT2D eigenvalue weighted by atomic mass is 35.5. The number of rotatable bonds is 2. The molecule has 0 aliphatic carbocycles. The van der Waals surface area contributed by atoms with E-state index in [-0.39, 0.29) is 6.17 Å². The molecule has 0 unspecified atom stereocenters. The topological polar surface area (TPSA) is 24.1 Å². The van der Waals surface area contributed by atoms with Crippen LogP contribution in [0.5, 0.6) is 0 Å². The maximum atomic E-state index is 5.06. The van der Waals surface area contributed by atoms with Crippen molar-refractivity contribution in [2.24, 2.45) is 0 Å². The number of hydrogen-bond acceptors (Lipinski definition) is 2. The van der Waals surface area contributed by atoms with Gasteiger partial charge in [0.25, 0.3) is 0 Å². The van der Waals surface area contributed by atoms with E-state index in [0.29, 0.717) is 0 Å². The third-order valence-corrected chi connectivity index (χ3v) is 0.982. The minimum atomic E-state index is -0.0340. The van der Waals surface area contributed by atoms with Gasteiger partial charge in [0.05, 0.1) is 6.17 Å². The van der Waals surface area contributed by atoms with Gasteiger partial charge in [0.2, 0.25) is 0 Å². The van der Waals surface area contributed by atoms with Crippen molar-refractivity contribution in [3.8, 4) is 0 Å². The van der Waals surface area contributed by atoms with Crippen LogP contribution >= 0.6 is 23.6 Å². The molecule has 0 radical (unpaired) electrons. The molecule has 0 rings (SSSR count). The van der Waals surface area contributed by atoms with E-state index in [1.54, 1.807) is 6.92 Å². The molecule has 0 saturated carbocycles. The molecule has 0 aromatic heterocycles. The molecule has 0 spiro atoms. The molecule has 0 atom stereocenters. The Balaban J connectivity index is 2.75. The Hall–Kier alpha value is 0.500. The van der Waals surface area contributed by atoms with E-state index in [1.165, 1.54) is 0 Å². The van der Waals surface area contributed by atoms with Crippen LogP contribution in [0.4, 0.5) is 0 Å². The van der Waals surface area contributed by atoms with Gasteiger partial charge in [-0.05, 0) is 30.5 Å². The molecule has 0 saturated heterocycles. The maximum absolute atomic E-state index is 5.06. The van der Waals surface area contributed by atoms with E-state index in [2.05, 4.69) is 9.67 Å². The van der Waals surface area contributed by atoms with Crippen LogP contribution in [0.1, 0.15) is 6.92 Å². The number of nitrogens with one attached hydrogen (secondary N) is 2. The molecule has 2 nitrogen and oxygen atoms in total.